The highest BCUT2D eigenvalue weighted by Gasteiger charge is 2.09. The summed E-state index contributed by atoms with van der Waals surface area (Å²) >= 11 is 0. The van der Waals surface area contributed by atoms with Crippen molar-refractivity contribution in [2.75, 3.05) is 18.1 Å². The number of amides is 1. The Bertz CT molecular complexity index is 266. The van der Waals surface area contributed by atoms with Crippen LogP contribution in [0.4, 0.5) is 0 Å². The Morgan fingerprint density at radius 2 is 2.00 bits per heavy atom. The van der Waals surface area contributed by atoms with E-state index in [2.05, 4.69) is 19.2 Å². The van der Waals surface area contributed by atoms with Crippen LogP contribution in [0.5, 0.6) is 0 Å². The van der Waals surface area contributed by atoms with Gasteiger partial charge in [0, 0.05) is 23.1 Å². The lowest BCUT2D eigenvalue weighted by atomic mass is 10.1. The first-order valence-corrected chi connectivity index (χ1v) is 6.74. The van der Waals surface area contributed by atoms with E-state index in [1.54, 1.807) is 0 Å². The molecule has 6 heteroatoms. The van der Waals surface area contributed by atoms with E-state index in [9.17, 15) is 13.8 Å². The second-order valence-corrected chi connectivity index (χ2v) is 5.54. The van der Waals surface area contributed by atoms with Crippen LogP contribution in [-0.2, 0) is 20.4 Å². The van der Waals surface area contributed by atoms with E-state index in [0.29, 0.717) is 12.5 Å². The minimum absolute atomic E-state index is 0.0347. The lowest BCUT2D eigenvalue weighted by Crippen LogP contribution is -2.30. The molecular formula is C10H19NO4S. The van der Waals surface area contributed by atoms with Gasteiger partial charge in [-0.2, -0.15) is 0 Å². The van der Waals surface area contributed by atoms with E-state index in [4.69, 9.17) is 5.11 Å². The largest absolute Gasteiger partial charge is 0.481 e. The monoisotopic (exact) mass is 249 g/mol. The van der Waals surface area contributed by atoms with Crippen LogP contribution in [0.15, 0.2) is 0 Å². The van der Waals surface area contributed by atoms with Crippen LogP contribution in [0.2, 0.25) is 0 Å². The van der Waals surface area contributed by atoms with E-state index in [-0.39, 0.29) is 23.8 Å². The zero-order valence-electron chi connectivity index (χ0n) is 9.69. The smallest absolute Gasteiger partial charge is 0.304 e. The lowest BCUT2D eigenvalue weighted by molar-refractivity contribution is -0.136. The van der Waals surface area contributed by atoms with Crippen LogP contribution >= 0.6 is 0 Å². The third-order valence-corrected chi connectivity index (χ3v) is 3.12. The number of carbonyl (C=O) groups is 2. The fraction of sp³-hybridized carbons (Fsp3) is 0.800. The molecule has 0 spiro atoms. The minimum Gasteiger partial charge on any atom is -0.481 e. The summed E-state index contributed by atoms with van der Waals surface area (Å²) in [6.07, 6.45) is 0.722. The van der Waals surface area contributed by atoms with Gasteiger partial charge in [-0.1, -0.05) is 13.8 Å². The number of carboxylic acid groups (broad SMARTS) is 1. The van der Waals surface area contributed by atoms with Crippen molar-refractivity contribution in [1.29, 1.82) is 0 Å². The number of rotatable bonds is 8. The van der Waals surface area contributed by atoms with Gasteiger partial charge in [0.1, 0.15) is 5.75 Å². The van der Waals surface area contributed by atoms with Crippen LogP contribution in [0.1, 0.15) is 26.7 Å². The van der Waals surface area contributed by atoms with E-state index in [0.717, 1.165) is 6.42 Å². The molecule has 1 atom stereocenters. The second-order valence-electron chi connectivity index (χ2n) is 3.96. The number of carbonyl (C=O) groups excluding carboxylic acids is 1. The van der Waals surface area contributed by atoms with Crippen molar-refractivity contribution < 1.29 is 18.9 Å². The molecule has 1 unspecified atom stereocenters. The highest BCUT2D eigenvalue weighted by molar-refractivity contribution is 7.85. The Morgan fingerprint density at radius 3 is 2.50 bits per heavy atom. The number of hydrogen-bond donors (Lipinski definition) is 2. The van der Waals surface area contributed by atoms with E-state index >= 15 is 0 Å². The summed E-state index contributed by atoms with van der Waals surface area (Å²) in [6, 6.07) is 0. The van der Waals surface area contributed by atoms with E-state index in [1.165, 1.54) is 0 Å². The van der Waals surface area contributed by atoms with Crippen molar-refractivity contribution in [3.63, 3.8) is 0 Å². The average Bonchev–Trinajstić information content (AvgIpc) is 2.14. The molecule has 0 aliphatic rings. The fourth-order valence-electron chi connectivity index (χ4n) is 0.971. The Balaban J connectivity index is 3.62. The molecule has 0 heterocycles. The quantitative estimate of drug-likeness (QED) is 0.651. The van der Waals surface area contributed by atoms with Gasteiger partial charge in [-0.25, -0.2) is 0 Å². The molecule has 0 aromatic heterocycles. The van der Waals surface area contributed by atoms with Gasteiger partial charge in [0.2, 0.25) is 5.91 Å². The lowest BCUT2D eigenvalue weighted by Gasteiger charge is -2.06. The molecule has 0 radical (unpaired) electrons. The molecule has 0 rings (SSSR count). The standard InChI is InChI=1S/C10H19NO4S/c1-8(2)3-5-11-9(12)7-16(15)6-4-10(13)14/h8H,3-7H2,1-2H3,(H,11,12)(H,13,14). The van der Waals surface area contributed by atoms with E-state index < -0.39 is 16.8 Å². The van der Waals surface area contributed by atoms with Crippen LogP contribution in [0, 0.1) is 5.92 Å². The maximum absolute atomic E-state index is 11.2. The maximum atomic E-state index is 11.2. The Kier molecular flexibility index (Phi) is 7.80. The van der Waals surface area contributed by atoms with Gasteiger partial charge < -0.3 is 10.4 Å². The zero-order valence-corrected chi connectivity index (χ0v) is 10.5. The third-order valence-electron chi connectivity index (χ3n) is 1.88. The van der Waals surface area contributed by atoms with Gasteiger partial charge in [-0.15, -0.1) is 0 Å². The molecule has 0 aromatic rings. The summed E-state index contributed by atoms with van der Waals surface area (Å²) in [4.78, 5) is 21.4. The summed E-state index contributed by atoms with van der Waals surface area (Å²) in [5, 5.41) is 11.0. The molecule has 0 saturated heterocycles. The van der Waals surface area contributed by atoms with Crippen LogP contribution in [0.25, 0.3) is 0 Å². The highest BCUT2D eigenvalue weighted by atomic mass is 32.2. The molecular weight excluding hydrogens is 230 g/mol. The van der Waals surface area contributed by atoms with Gasteiger partial charge in [0.25, 0.3) is 0 Å². The number of hydrogen-bond acceptors (Lipinski definition) is 3. The molecule has 5 nitrogen and oxygen atoms in total. The minimum atomic E-state index is -1.38. The first-order chi connectivity index (χ1) is 7.41. The first-order valence-electron chi connectivity index (χ1n) is 5.25. The summed E-state index contributed by atoms with van der Waals surface area (Å²) in [5.41, 5.74) is 0. The molecule has 94 valence electrons. The molecule has 1 amide bonds. The van der Waals surface area contributed by atoms with Crippen molar-refractivity contribution >= 4 is 22.7 Å². The van der Waals surface area contributed by atoms with Gasteiger partial charge in [0.05, 0.1) is 6.42 Å². The average molecular weight is 249 g/mol. The first kappa shape index (κ1) is 15.1. The molecule has 0 saturated carbocycles. The normalized spacial score (nSPS) is 12.4. The molecule has 0 aliphatic carbocycles. The Morgan fingerprint density at radius 1 is 1.38 bits per heavy atom. The van der Waals surface area contributed by atoms with Crippen molar-refractivity contribution in [2.24, 2.45) is 5.92 Å². The van der Waals surface area contributed by atoms with Gasteiger partial charge in [-0.05, 0) is 12.3 Å². The molecule has 0 bridgehead atoms. The SMILES string of the molecule is CC(C)CCNC(=O)CS(=O)CCC(=O)O. The number of aliphatic carboxylic acids is 1. The molecule has 16 heavy (non-hydrogen) atoms. The van der Waals surface area contributed by atoms with Gasteiger partial charge in [0.15, 0.2) is 0 Å². The Labute approximate surface area is 98.1 Å². The van der Waals surface area contributed by atoms with Crippen molar-refractivity contribution in [3.05, 3.63) is 0 Å². The molecule has 0 aliphatic heterocycles. The topological polar surface area (TPSA) is 83.5 Å². The van der Waals surface area contributed by atoms with Crippen LogP contribution in [0.3, 0.4) is 0 Å². The summed E-state index contributed by atoms with van der Waals surface area (Å²) < 4.78 is 11.2. The zero-order chi connectivity index (χ0) is 12.6. The molecule has 0 aromatic carbocycles. The van der Waals surface area contributed by atoms with Gasteiger partial charge >= 0.3 is 5.97 Å². The van der Waals surface area contributed by atoms with Crippen LogP contribution in [-0.4, -0.2) is 39.2 Å². The maximum Gasteiger partial charge on any atom is 0.304 e. The summed E-state index contributed by atoms with van der Waals surface area (Å²) in [7, 11) is -1.38. The molecule has 0 fully saturated rings. The van der Waals surface area contributed by atoms with Crippen molar-refractivity contribution in [3.8, 4) is 0 Å². The Hall–Kier alpha value is -0.910. The second kappa shape index (κ2) is 8.27. The third kappa shape index (κ3) is 9.64. The van der Waals surface area contributed by atoms with E-state index in [1.807, 2.05) is 0 Å². The fourth-order valence-corrected chi connectivity index (χ4v) is 1.91. The van der Waals surface area contributed by atoms with Gasteiger partial charge in [-0.3, -0.25) is 13.8 Å². The highest BCUT2D eigenvalue weighted by Crippen LogP contribution is 1.96. The van der Waals surface area contributed by atoms with Crippen molar-refractivity contribution in [1.82, 2.24) is 5.32 Å². The number of nitrogens with one attached hydrogen (secondary N) is 1. The number of carboxylic acids is 1. The predicted octanol–water partition coefficient (Wildman–Crippen LogP) is 0.372. The van der Waals surface area contributed by atoms with Crippen LogP contribution < -0.4 is 5.32 Å². The van der Waals surface area contributed by atoms with Crippen molar-refractivity contribution in [2.45, 2.75) is 26.7 Å². The predicted molar refractivity (Wildman–Crippen MR) is 62.6 cm³/mol. The summed E-state index contributed by atoms with van der Waals surface area (Å²) in [5.74, 6) is -0.825. The summed E-state index contributed by atoms with van der Waals surface area (Å²) in [6.45, 7) is 4.68. The molecule has 2 N–H and O–H groups in total.